The Morgan fingerprint density at radius 3 is 2.33 bits per heavy atom. The van der Waals surface area contributed by atoms with Crippen LogP contribution in [0, 0.1) is 18.6 Å². The molecule has 0 amide bonds. The van der Waals surface area contributed by atoms with Gasteiger partial charge in [-0.3, -0.25) is 0 Å². The first-order valence-electron chi connectivity index (χ1n) is 8.44. The zero-order chi connectivity index (χ0) is 16.9. The van der Waals surface area contributed by atoms with Crippen LogP contribution < -0.4 is 10.6 Å². The monoisotopic (exact) mass is 332 g/mol. The lowest BCUT2D eigenvalue weighted by Gasteiger charge is -2.18. The number of rotatable bonds is 4. The summed E-state index contributed by atoms with van der Waals surface area (Å²) in [6.45, 7) is 1.81. The van der Waals surface area contributed by atoms with E-state index in [9.17, 15) is 8.78 Å². The molecular weight excluding hydrogens is 310 g/mol. The second kappa shape index (κ2) is 7.55. The molecule has 2 N–H and O–H groups in total. The van der Waals surface area contributed by atoms with Crippen LogP contribution in [0.1, 0.15) is 44.3 Å². The topological polar surface area (TPSA) is 49.8 Å². The minimum atomic E-state index is -0.886. The fourth-order valence-corrected chi connectivity index (χ4v) is 3.06. The van der Waals surface area contributed by atoms with Gasteiger partial charge in [-0.15, -0.1) is 0 Å². The van der Waals surface area contributed by atoms with Gasteiger partial charge >= 0.3 is 0 Å². The average molecular weight is 332 g/mol. The van der Waals surface area contributed by atoms with Crippen molar-refractivity contribution in [2.24, 2.45) is 0 Å². The number of halogens is 2. The van der Waals surface area contributed by atoms with Gasteiger partial charge in [0.1, 0.15) is 17.5 Å². The second-order valence-electron chi connectivity index (χ2n) is 6.27. The minimum absolute atomic E-state index is 0.429. The minimum Gasteiger partial charge on any atom is -0.367 e. The molecule has 4 nitrogen and oxygen atoms in total. The standard InChI is InChI=1S/C18H22F2N4/c1-12-21-17(23-13-6-4-2-3-5-7-13)11-18(22-12)24-14-8-9-15(19)16(20)10-14/h8-11,13H,2-7H2,1H3,(H2,21,22,23,24). The van der Waals surface area contributed by atoms with Crippen LogP contribution in [-0.4, -0.2) is 16.0 Å². The maximum Gasteiger partial charge on any atom is 0.160 e. The van der Waals surface area contributed by atoms with E-state index >= 15 is 0 Å². The van der Waals surface area contributed by atoms with Crippen molar-refractivity contribution >= 4 is 17.3 Å². The third-order valence-electron chi connectivity index (χ3n) is 4.24. The summed E-state index contributed by atoms with van der Waals surface area (Å²) in [7, 11) is 0. The summed E-state index contributed by atoms with van der Waals surface area (Å²) >= 11 is 0. The lowest BCUT2D eigenvalue weighted by atomic mass is 10.1. The zero-order valence-corrected chi connectivity index (χ0v) is 13.8. The molecule has 6 heteroatoms. The molecule has 0 unspecified atom stereocenters. The quantitative estimate of drug-likeness (QED) is 0.779. The molecule has 1 fully saturated rings. The fraction of sp³-hybridized carbons (Fsp3) is 0.444. The Bertz CT molecular complexity index is 697. The third-order valence-corrected chi connectivity index (χ3v) is 4.24. The van der Waals surface area contributed by atoms with E-state index in [0.29, 0.717) is 23.4 Å². The highest BCUT2D eigenvalue weighted by Crippen LogP contribution is 2.23. The average Bonchev–Trinajstić information content (AvgIpc) is 2.79. The van der Waals surface area contributed by atoms with E-state index in [1.165, 1.54) is 31.7 Å². The first-order chi connectivity index (χ1) is 11.6. The molecule has 24 heavy (non-hydrogen) atoms. The summed E-state index contributed by atoms with van der Waals surface area (Å²) in [5.41, 5.74) is 0.451. The van der Waals surface area contributed by atoms with E-state index in [-0.39, 0.29) is 0 Å². The van der Waals surface area contributed by atoms with Gasteiger partial charge in [-0.05, 0) is 31.9 Å². The van der Waals surface area contributed by atoms with Gasteiger partial charge in [0.2, 0.25) is 0 Å². The van der Waals surface area contributed by atoms with Crippen LogP contribution in [0.2, 0.25) is 0 Å². The first-order valence-corrected chi connectivity index (χ1v) is 8.44. The molecule has 1 saturated carbocycles. The maximum atomic E-state index is 13.3. The van der Waals surface area contributed by atoms with Crippen molar-refractivity contribution in [3.63, 3.8) is 0 Å². The number of nitrogens with one attached hydrogen (secondary N) is 2. The molecule has 128 valence electrons. The van der Waals surface area contributed by atoms with E-state index in [1.54, 1.807) is 6.07 Å². The number of nitrogens with zero attached hydrogens (tertiary/aromatic N) is 2. The van der Waals surface area contributed by atoms with Crippen molar-refractivity contribution < 1.29 is 8.78 Å². The van der Waals surface area contributed by atoms with Crippen molar-refractivity contribution in [3.8, 4) is 0 Å². The Kier molecular flexibility index (Phi) is 5.23. The van der Waals surface area contributed by atoms with Crippen LogP contribution >= 0.6 is 0 Å². The van der Waals surface area contributed by atoms with Crippen LogP contribution in [-0.2, 0) is 0 Å². The van der Waals surface area contributed by atoms with Crippen LogP contribution in [0.3, 0.4) is 0 Å². The molecule has 3 rings (SSSR count). The summed E-state index contributed by atoms with van der Waals surface area (Å²) in [6.07, 6.45) is 7.36. The van der Waals surface area contributed by atoms with Crippen molar-refractivity contribution in [1.82, 2.24) is 9.97 Å². The number of benzene rings is 1. The highest BCUT2D eigenvalue weighted by Gasteiger charge is 2.13. The number of aromatic nitrogens is 2. The molecule has 1 aliphatic rings. The van der Waals surface area contributed by atoms with Crippen LogP contribution in [0.5, 0.6) is 0 Å². The number of hydrogen-bond donors (Lipinski definition) is 2. The predicted molar refractivity (Wildman–Crippen MR) is 91.5 cm³/mol. The lowest BCUT2D eigenvalue weighted by molar-refractivity contribution is 0.509. The van der Waals surface area contributed by atoms with Gasteiger partial charge in [0, 0.05) is 23.9 Å². The predicted octanol–water partition coefficient (Wildman–Crippen LogP) is 4.94. The van der Waals surface area contributed by atoms with Gasteiger partial charge < -0.3 is 10.6 Å². The number of aryl methyl sites for hydroxylation is 1. The Morgan fingerprint density at radius 2 is 1.62 bits per heavy atom. The normalized spacial score (nSPS) is 15.8. The summed E-state index contributed by atoms with van der Waals surface area (Å²) in [5, 5.41) is 6.49. The Morgan fingerprint density at radius 1 is 0.917 bits per heavy atom. The van der Waals surface area contributed by atoms with Crippen LogP contribution in [0.15, 0.2) is 24.3 Å². The Balaban J connectivity index is 1.74. The van der Waals surface area contributed by atoms with Crippen LogP contribution in [0.25, 0.3) is 0 Å². The second-order valence-corrected chi connectivity index (χ2v) is 6.27. The molecule has 0 saturated heterocycles. The molecule has 1 aromatic heterocycles. The highest BCUT2D eigenvalue weighted by atomic mass is 19.2. The van der Waals surface area contributed by atoms with E-state index in [1.807, 2.05) is 6.92 Å². The maximum absolute atomic E-state index is 13.3. The van der Waals surface area contributed by atoms with E-state index < -0.39 is 11.6 Å². The molecule has 0 spiro atoms. The lowest BCUT2D eigenvalue weighted by Crippen LogP contribution is -2.19. The molecule has 0 bridgehead atoms. The Hall–Kier alpha value is -2.24. The summed E-state index contributed by atoms with van der Waals surface area (Å²) in [6, 6.07) is 5.92. The smallest absolute Gasteiger partial charge is 0.160 e. The van der Waals surface area contributed by atoms with Gasteiger partial charge in [-0.1, -0.05) is 25.7 Å². The van der Waals surface area contributed by atoms with Gasteiger partial charge in [0.05, 0.1) is 0 Å². The third kappa shape index (κ3) is 4.40. The fourth-order valence-electron chi connectivity index (χ4n) is 3.06. The first kappa shape index (κ1) is 16.6. The van der Waals surface area contributed by atoms with Crippen LogP contribution in [0.4, 0.5) is 26.1 Å². The Labute approximate surface area is 140 Å². The summed E-state index contributed by atoms with van der Waals surface area (Å²) < 4.78 is 26.3. The van der Waals surface area contributed by atoms with Gasteiger partial charge in [0.25, 0.3) is 0 Å². The van der Waals surface area contributed by atoms with Crippen molar-refractivity contribution in [1.29, 1.82) is 0 Å². The van der Waals surface area contributed by atoms with Crippen molar-refractivity contribution in [3.05, 3.63) is 41.7 Å². The van der Waals surface area contributed by atoms with E-state index in [2.05, 4.69) is 20.6 Å². The largest absolute Gasteiger partial charge is 0.367 e. The van der Waals surface area contributed by atoms with E-state index in [4.69, 9.17) is 0 Å². The summed E-state index contributed by atoms with van der Waals surface area (Å²) in [5.74, 6) is 0.195. The zero-order valence-electron chi connectivity index (χ0n) is 13.8. The molecule has 1 heterocycles. The van der Waals surface area contributed by atoms with Crippen molar-refractivity contribution in [2.45, 2.75) is 51.5 Å². The molecule has 1 aliphatic carbocycles. The van der Waals surface area contributed by atoms with Gasteiger partial charge in [-0.2, -0.15) is 0 Å². The molecule has 0 atom stereocenters. The molecular formula is C18H22F2N4. The van der Waals surface area contributed by atoms with Gasteiger partial charge in [0.15, 0.2) is 11.6 Å². The molecule has 2 aromatic rings. The number of hydrogen-bond acceptors (Lipinski definition) is 4. The molecule has 1 aromatic carbocycles. The van der Waals surface area contributed by atoms with Crippen molar-refractivity contribution in [2.75, 3.05) is 10.6 Å². The SMILES string of the molecule is Cc1nc(Nc2ccc(F)c(F)c2)cc(NC2CCCCCC2)n1. The summed E-state index contributed by atoms with van der Waals surface area (Å²) in [4.78, 5) is 8.75. The highest BCUT2D eigenvalue weighted by molar-refractivity contribution is 5.59. The molecule has 0 aliphatic heterocycles. The van der Waals surface area contributed by atoms with Gasteiger partial charge in [-0.25, -0.2) is 18.7 Å². The van der Waals surface area contributed by atoms with E-state index in [0.717, 1.165) is 30.8 Å². The molecule has 0 radical (unpaired) electrons. The number of anilines is 3.